The third kappa shape index (κ3) is 8.26. The van der Waals surface area contributed by atoms with Crippen LogP contribution in [-0.4, -0.2) is 71.9 Å². The van der Waals surface area contributed by atoms with Gasteiger partial charge < -0.3 is 24.6 Å². The van der Waals surface area contributed by atoms with Crippen LogP contribution in [0.5, 0.6) is 0 Å². The van der Waals surface area contributed by atoms with Crippen molar-refractivity contribution in [2.24, 2.45) is 0 Å². The Morgan fingerprint density at radius 3 is 2.02 bits per heavy atom. The number of carbonyl (C=O) groups excluding carboxylic acids is 3. The van der Waals surface area contributed by atoms with Gasteiger partial charge in [-0.3, -0.25) is 0 Å². The average Bonchev–Trinajstić information content (AvgIpc) is 3.30. The van der Waals surface area contributed by atoms with Gasteiger partial charge in [0.15, 0.2) is 0 Å². The van der Waals surface area contributed by atoms with Gasteiger partial charge >= 0.3 is 18.3 Å². The van der Waals surface area contributed by atoms with Gasteiger partial charge in [-0.25, -0.2) is 24.4 Å². The molecule has 3 amide bonds. The number of fused-ring (bicyclic) bond motifs is 3. The third-order valence-corrected chi connectivity index (χ3v) is 6.97. The van der Waals surface area contributed by atoms with E-state index in [9.17, 15) is 19.5 Å². The van der Waals surface area contributed by atoms with E-state index in [-0.39, 0.29) is 38.7 Å². The van der Waals surface area contributed by atoms with Crippen LogP contribution in [0.15, 0.2) is 78.9 Å². The standard InChI is InChI=1S/C33H39N3O7/c1-33(2,3)43-30(38)34-24(18-19-37)20-36(35(4)31(39)41-21-23-12-6-5-7-13-23)32(40)42-22-29-27-16-10-8-14-25(27)26-15-9-11-17-28(26)29/h5-17,24,29,37H,18-22H2,1-4H3,(H,34,38). The number of hydrogen-bond donors (Lipinski definition) is 2. The molecular weight excluding hydrogens is 550 g/mol. The highest BCUT2D eigenvalue weighted by Crippen LogP contribution is 2.44. The molecule has 3 aromatic carbocycles. The molecule has 0 radical (unpaired) electrons. The molecule has 228 valence electrons. The molecule has 1 aliphatic rings. The van der Waals surface area contributed by atoms with E-state index < -0.39 is 29.9 Å². The fourth-order valence-corrected chi connectivity index (χ4v) is 4.95. The Morgan fingerprint density at radius 2 is 1.44 bits per heavy atom. The van der Waals surface area contributed by atoms with Gasteiger partial charge in [0.25, 0.3) is 0 Å². The molecule has 10 nitrogen and oxygen atoms in total. The quantitative estimate of drug-likeness (QED) is 0.243. The SMILES string of the molecule is CN(C(=O)OCc1ccccc1)N(CC(CCO)NC(=O)OC(C)(C)C)C(=O)OCC1c2ccccc2-c2ccccc21. The van der Waals surface area contributed by atoms with E-state index in [2.05, 4.69) is 5.32 Å². The number of nitrogens with one attached hydrogen (secondary N) is 1. The Bertz CT molecular complexity index is 1360. The minimum atomic E-state index is -0.810. The maximum atomic E-state index is 13.6. The molecule has 0 spiro atoms. The zero-order valence-electron chi connectivity index (χ0n) is 25.0. The van der Waals surface area contributed by atoms with Crippen molar-refractivity contribution >= 4 is 18.3 Å². The summed E-state index contributed by atoms with van der Waals surface area (Å²) in [6.45, 7) is 4.75. The first-order valence-corrected chi connectivity index (χ1v) is 14.2. The van der Waals surface area contributed by atoms with Crippen molar-refractivity contribution in [1.29, 1.82) is 0 Å². The van der Waals surface area contributed by atoms with Crippen molar-refractivity contribution in [3.8, 4) is 11.1 Å². The van der Waals surface area contributed by atoms with Crippen molar-refractivity contribution in [2.45, 2.75) is 51.4 Å². The zero-order valence-corrected chi connectivity index (χ0v) is 25.0. The van der Waals surface area contributed by atoms with Crippen LogP contribution in [-0.2, 0) is 20.8 Å². The molecule has 10 heteroatoms. The van der Waals surface area contributed by atoms with E-state index in [0.29, 0.717) is 0 Å². The van der Waals surface area contributed by atoms with Crippen LogP contribution in [0.2, 0.25) is 0 Å². The highest BCUT2D eigenvalue weighted by Gasteiger charge is 2.33. The minimum absolute atomic E-state index is 0.00122. The number of ether oxygens (including phenoxy) is 3. The van der Waals surface area contributed by atoms with Gasteiger partial charge in [0.1, 0.15) is 18.8 Å². The summed E-state index contributed by atoms with van der Waals surface area (Å²) in [5, 5.41) is 14.5. The first-order valence-electron chi connectivity index (χ1n) is 14.2. The molecule has 0 aromatic heterocycles. The van der Waals surface area contributed by atoms with Gasteiger partial charge in [-0.1, -0.05) is 78.9 Å². The number of carbonyl (C=O) groups is 3. The summed E-state index contributed by atoms with van der Waals surface area (Å²) in [7, 11) is 1.39. The number of aliphatic hydroxyl groups excluding tert-OH is 1. The van der Waals surface area contributed by atoms with Crippen molar-refractivity contribution in [2.75, 3.05) is 26.8 Å². The van der Waals surface area contributed by atoms with E-state index in [0.717, 1.165) is 37.8 Å². The Balaban J connectivity index is 1.52. The molecular formula is C33H39N3O7. The van der Waals surface area contributed by atoms with Gasteiger partial charge in [-0.15, -0.1) is 0 Å². The molecule has 1 aliphatic carbocycles. The van der Waals surface area contributed by atoms with Gasteiger partial charge in [0.05, 0.1) is 12.6 Å². The molecule has 3 aromatic rings. The van der Waals surface area contributed by atoms with Crippen LogP contribution in [0, 0.1) is 0 Å². The number of hydrazine groups is 1. The highest BCUT2D eigenvalue weighted by molar-refractivity contribution is 5.79. The second kappa shape index (κ2) is 14.1. The Labute approximate surface area is 252 Å². The third-order valence-electron chi connectivity index (χ3n) is 6.97. The van der Waals surface area contributed by atoms with E-state index in [1.165, 1.54) is 7.05 Å². The number of alkyl carbamates (subject to hydrolysis) is 1. The molecule has 2 N–H and O–H groups in total. The Morgan fingerprint density at radius 1 is 0.860 bits per heavy atom. The molecule has 0 heterocycles. The van der Waals surface area contributed by atoms with E-state index in [4.69, 9.17) is 14.2 Å². The summed E-state index contributed by atoms with van der Waals surface area (Å²) in [5.41, 5.74) is 4.29. The van der Waals surface area contributed by atoms with Crippen LogP contribution >= 0.6 is 0 Å². The zero-order chi connectivity index (χ0) is 31.0. The van der Waals surface area contributed by atoms with Crippen molar-refractivity contribution in [1.82, 2.24) is 15.3 Å². The highest BCUT2D eigenvalue weighted by atomic mass is 16.6. The minimum Gasteiger partial charge on any atom is -0.447 e. The number of benzene rings is 3. The summed E-state index contributed by atoms with van der Waals surface area (Å²) < 4.78 is 16.7. The summed E-state index contributed by atoms with van der Waals surface area (Å²) in [5.74, 6) is -0.193. The number of amides is 3. The molecule has 0 saturated heterocycles. The maximum Gasteiger partial charge on any atom is 0.429 e. The largest absolute Gasteiger partial charge is 0.447 e. The lowest BCUT2D eigenvalue weighted by Crippen LogP contribution is -2.54. The van der Waals surface area contributed by atoms with E-state index in [1.54, 1.807) is 20.8 Å². The summed E-state index contributed by atoms with van der Waals surface area (Å²) in [6.07, 6.45) is -2.22. The summed E-state index contributed by atoms with van der Waals surface area (Å²) in [4.78, 5) is 39.3. The smallest absolute Gasteiger partial charge is 0.429 e. The lowest BCUT2D eigenvalue weighted by molar-refractivity contribution is -0.0171. The maximum absolute atomic E-state index is 13.6. The number of hydrogen-bond acceptors (Lipinski definition) is 7. The van der Waals surface area contributed by atoms with E-state index >= 15 is 0 Å². The van der Waals surface area contributed by atoms with Gasteiger partial charge in [-0.2, -0.15) is 0 Å². The number of rotatable bonds is 9. The van der Waals surface area contributed by atoms with Crippen LogP contribution in [0.4, 0.5) is 14.4 Å². The molecule has 0 bridgehead atoms. The normalized spacial score (nSPS) is 12.9. The molecule has 43 heavy (non-hydrogen) atoms. The lowest BCUT2D eigenvalue weighted by atomic mass is 9.98. The van der Waals surface area contributed by atoms with Gasteiger partial charge in [0, 0.05) is 19.6 Å². The Hall–Kier alpha value is -4.57. The van der Waals surface area contributed by atoms with Crippen LogP contribution in [0.1, 0.15) is 49.8 Å². The van der Waals surface area contributed by atoms with Crippen molar-refractivity contribution < 1.29 is 33.7 Å². The second-order valence-electron chi connectivity index (χ2n) is 11.3. The predicted molar refractivity (Wildman–Crippen MR) is 161 cm³/mol. The van der Waals surface area contributed by atoms with Gasteiger partial charge in [-0.05, 0) is 55.0 Å². The monoisotopic (exact) mass is 589 g/mol. The summed E-state index contributed by atoms with van der Waals surface area (Å²) in [6, 6.07) is 24.4. The van der Waals surface area contributed by atoms with Crippen LogP contribution < -0.4 is 5.32 Å². The van der Waals surface area contributed by atoms with E-state index in [1.807, 2.05) is 78.9 Å². The molecule has 1 atom stereocenters. The fraction of sp³-hybridized carbons (Fsp3) is 0.364. The summed E-state index contributed by atoms with van der Waals surface area (Å²) >= 11 is 0. The molecule has 0 fully saturated rings. The molecule has 0 saturated carbocycles. The lowest BCUT2D eigenvalue weighted by Gasteiger charge is -2.33. The van der Waals surface area contributed by atoms with Crippen LogP contribution in [0.25, 0.3) is 11.1 Å². The van der Waals surface area contributed by atoms with Gasteiger partial charge in [0.2, 0.25) is 0 Å². The second-order valence-corrected chi connectivity index (χ2v) is 11.3. The molecule has 4 rings (SSSR count). The first-order chi connectivity index (χ1) is 20.6. The van der Waals surface area contributed by atoms with Crippen LogP contribution in [0.3, 0.4) is 0 Å². The fourth-order valence-electron chi connectivity index (χ4n) is 4.95. The van der Waals surface area contributed by atoms with Crippen molar-refractivity contribution in [3.05, 3.63) is 95.6 Å². The number of aliphatic hydroxyl groups is 1. The average molecular weight is 590 g/mol. The Kier molecular flexibility index (Phi) is 10.3. The first kappa shape index (κ1) is 31.4. The predicted octanol–water partition coefficient (Wildman–Crippen LogP) is 5.70. The molecule has 1 unspecified atom stereocenters. The topological polar surface area (TPSA) is 118 Å². The van der Waals surface area contributed by atoms with Crippen molar-refractivity contribution in [3.63, 3.8) is 0 Å². The number of nitrogens with zero attached hydrogens (tertiary/aromatic N) is 2. The molecule has 0 aliphatic heterocycles.